The smallest absolute Gasteiger partial charge is 0.407 e. The highest BCUT2D eigenvalue weighted by molar-refractivity contribution is 5.87. The van der Waals surface area contributed by atoms with Crippen molar-refractivity contribution in [1.29, 1.82) is 0 Å². The number of imidazole rings is 2. The van der Waals surface area contributed by atoms with E-state index < -0.39 is 24.3 Å². The molecule has 2 aromatic carbocycles. The summed E-state index contributed by atoms with van der Waals surface area (Å²) in [5.41, 5.74) is 6.87. The van der Waals surface area contributed by atoms with Crippen LogP contribution in [0.25, 0.3) is 33.6 Å². The zero-order valence-electron chi connectivity index (χ0n) is 33.2. The highest BCUT2D eigenvalue weighted by atomic mass is 16.5. The molecule has 58 heavy (non-hydrogen) atoms. The van der Waals surface area contributed by atoms with Crippen LogP contribution in [-0.4, -0.2) is 93.9 Å². The Morgan fingerprint density at radius 2 is 1.47 bits per heavy atom. The number of pyridine rings is 1. The van der Waals surface area contributed by atoms with E-state index in [0.29, 0.717) is 37.2 Å². The van der Waals surface area contributed by atoms with Gasteiger partial charge < -0.3 is 39.7 Å². The first-order chi connectivity index (χ1) is 28.2. The maximum atomic E-state index is 13.8. The van der Waals surface area contributed by atoms with Crippen molar-refractivity contribution in [3.05, 3.63) is 103 Å². The van der Waals surface area contributed by atoms with Gasteiger partial charge in [0.25, 0.3) is 0 Å². The van der Waals surface area contributed by atoms with Gasteiger partial charge in [-0.1, -0.05) is 54.6 Å². The number of carbonyl (C=O) groups excluding carboxylic acids is 3. The quantitative estimate of drug-likeness (QED) is 0.111. The van der Waals surface area contributed by atoms with Gasteiger partial charge in [0.15, 0.2) is 0 Å². The van der Waals surface area contributed by atoms with Gasteiger partial charge in [0.2, 0.25) is 11.8 Å². The summed E-state index contributed by atoms with van der Waals surface area (Å²) in [7, 11) is 4.37. The predicted molar refractivity (Wildman–Crippen MR) is 216 cm³/mol. The predicted octanol–water partition coefficient (Wildman–Crippen LogP) is 6.02. The lowest BCUT2D eigenvalue weighted by Crippen LogP contribution is -2.54. The third-order valence-electron chi connectivity index (χ3n) is 12.4. The van der Waals surface area contributed by atoms with E-state index >= 15 is 0 Å². The third kappa shape index (κ3) is 7.86. The molecule has 5 aromatic rings. The molecular weight excluding hydrogens is 737 g/mol. The molecule has 2 saturated carbocycles. The number of H-pyrrole nitrogens is 2. The van der Waals surface area contributed by atoms with Crippen molar-refractivity contribution in [1.82, 2.24) is 40.5 Å². The fourth-order valence-electron chi connectivity index (χ4n) is 9.21. The summed E-state index contributed by atoms with van der Waals surface area (Å²) in [6, 6.07) is 19.2. The van der Waals surface area contributed by atoms with Crippen LogP contribution in [0.4, 0.5) is 4.79 Å². The minimum atomic E-state index is -0.952. The molecule has 3 aromatic heterocycles. The van der Waals surface area contributed by atoms with Gasteiger partial charge in [-0.25, -0.2) is 14.8 Å². The number of alkyl carbamates (subject to hydrolysis) is 1. The minimum Gasteiger partial charge on any atom is -0.453 e. The molecule has 2 aliphatic carbocycles. The van der Waals surface area contributed by atoms with E-state index in [-0.39, 0.29) is 29.8 Å². The second-order valence-electron chi connectivity index (χ2n) is 15.6. The molecular formula is C44H50N8O6. The first-order valence-electron chi connectivity index (χ1n) is 19.9. The van der Waals surface area contributed by atoms with Crippen molar-refractivity contribution < 1.29 is 28.6 Å². The first-order valence-corrected chi connectivity index (χ1v) is 19.9. The molecule has 14 heteroatoms. The van der Waals surface area contributed by atoms with Crippen LogP contribution in [0.5, 0.6) is 0 Å². The normalized spacial score (nSPS) is 23.4. The number of rotatable bonds is 13. The molecule has 0 radical (unpaired) electrons. The van der Waals surface area contributed by atoms with Crippen molar-refractivity contribution in [3.8, 4) is 33.6 Å². The van der Waals surface area contributed by atoms with Crippen LogP contribution in [0, 0.1) is 17.8 Å². The molecule has 3 amide bonds. The molecule has 0 spiro atoms. The number of methoxy groups -OCH3 is 3. The number of hydrogen-bond donors (Lipinski definition) is 4. The monoisotopic (exact) mass is 786 g/mol. The topological polar surface area (TPSA) is 176 Å². The van der Waals surface area contributed by atoms with Gasteiger partial charge in [-0.15, -0.1) is 0 Å². The molecule has 1 aliphatic heterocycles. The number of likely N-dealkylation sites (tertiary alicyclic amines) is 1. The van der Waals surface area contributed by atoms with Gasteiger partial charge in [0, 0.05) is 52.0 Å². The van der Waals surface area contributed by atoms with Gasteiger partial charge in [-0.3, -0.25) is 14.6 Å². The van der Waals surface area contributed by atoms with E-state index in [1.165, 1.54) is 14.2 Å². The Labute approximate surface area is 337 Å². The number of nitrogens with zero attached hydrogens (tertiary/aromatic N) is 4. The highest BCUT2D eigenvalue weighted by Crippen LogP contribution is 2.56. The largest absolute Gasteiger partial charge is 0.453 e. The number of aromatic amines is 2. The van der Waals surface area contributed by atoms with Gasteiger partial charge in [-0.05, 0) is 71.9 Å². The maximum absolute atomic E-state index is 13.8. The van der Waals surface area contributed by atoms with Gasteiger partial charge >= 0.3 is 6.09 Å². The van der Waals surface area contributed by atoms with Crippen LogP contribution >= 0.6 is 0 Å². The molecule has 3 aliphatic rings. The fourth-order valence-corrected chi connectivity index (χ4v) is 9.21. The third-order valence-corrected chi connectivity index (χ3v) is 12.4. The summed E-state index contributed by atoms with van der Waals surface area (Å²) >= 11 is 0. The number of hydrogen-bond acceptors (Lipinski definition) is 9. The molecule has 1 saturated heterocycles. The lowest BCUT2D eigenvalue weighted by molar-refractivity contribution is -0.138. The van der Waals surface area contributed by atoms with Crippen LogP contribution in [0.1, 0.15) is 61.8 Å². The molecule has 302 valence electrons. The summed E-state index contributed by atoms with van der Waals surface area (Å²) in [4.78, 5) is 61.9. The van der Waals surface area contributed by atoms with E-state index in [1.807, 2.05) is 30.5 Å². The standard InChI is InChI=1S/C44H50N8O6/c1-25(56-2)39(51-44(55)58-4)43(54)52-24-33(57-3)19-36(52)40-46-22-34(49-40)29-11-7-27(8-12-29)28-9-13-30(14-10-28)35-23-47-41(50-35)37-31-15-16-32(18-31)38(37)42(53)48-21-26-6-5-17-45-20-26/h5-14,17,20,22-23,25,31-33,36-39H,15-16,18-19,21,24H2,1-4H3,(H,46,49)(H,47,50)(H,48,53)(H,51,55)/t25-,31?,32?,33+,36+,37-,38-,39?/m1/s1. The van der Waals surface area contributed by atoms with Crippen molar-refractivity contribution >= 4 is 17.9 Å². The zero-order chi connectivity index (χ0) is 40.3. The van der Waals surface area contributed by atoms with E-state index in [2.05, 4.69) is 67.0 Å². The van der Waals surface area contributed by atoms with Gasteiger partial charge in [0.1, 0.15) is 17.7 Å². The van der Waals surface area contributed by atoms with Gasteiger partial charge in [-0.2, -0.15) is 0 Å². The molecule has 4 heterocycles. The van der Waals surface area contributed by atoms with E-state index in [4.69, 9.17) is 19.2 Å². The van der Waals surface area contributed by atoms with Crippen molar-refractivity contribution in [2.75, 3.05) is 27.9 Å². The average Bonchev–Trinajstić information content (AvgIpc) is 4.13. The maximum Gasteiger partial charge on any atom is 0.407 e. The number of ether oxygens (including phenoxy) is 3. The van der Waals surface area contributed by atoms with Crippen molar-refractivity contribution in [3.63, 3.8) is 0 Å². The number of nitrogens with one attached hydrogen (secondary N) is 4. The minimum absolute atomic E-state index is 0.0828. The van der Waals surface area contributed by atoms with Crippen LogP contribution in [-0.2, 0) is 30.3 Å². The summed E-state index contributed by atoms with van der Waals surface area (Å²) in [5.74, 6) is 2.17. The van der Waals surface area contributed by atoms with E-state index in [0.717, 1.165) is 64.3 Å². The van der Waals surface area contributed by atoms with Crippen molar-refractivity contribution in [2.24, 2.45) is 17.8 Å². The second kappa shape index (κ2) is 16.9. The van der Waals surface area contributed by atoms with Crippen molar-refractivity contribution in [2.45, 2.75) is 69.4 Å². The van der Waals surface area contributed by atoms with Crippen LogP contribution < -0.4 is 10.6 Å². The Balaban J connectivity index is 0.931. The Morgan fingerprint density at radius 3 is 2.09 bits per heavy atom. The van der Waals surface area contributed by atoms with Crippen LogP contribution in [0.3, 0.4) is 0 Å². The van der Waals surface area contributed by atoms with E-state index in [1.54, 1.807) is 37.5 Å². The SMILES string of the molecule is COC(=O)NC(C(=O)N1C[C@@H](OC)C[C@H]1c1ncc(-c2ccc(-c3ccc(-c4cnc([C@@H]5C6CCC(C6)[C@H]5C(=O)NCc5cccnc5)[nH]4)cc3)cc2)[nH]1)[C@@H](C)OC. The van der Waals surface area contributed by atoms with E-state index in [9.17, 15) is 14.4 Å². The number of fused-ring (bicyclic) bond motifs is 2. The van der Waals surface area contributed by atoms with Crippen LogP contribution in [0.2, 0.25) is 0 Å². The molecule has 4 N–H and O–H groups in total. The lowest BCUT2D eigenvalue weighted by Gasteiger charge is -2.30. The fraction of sp³-hybridized carbons (Fsp3) is 0.409. The van der Waals surface area contributed by atoms with Gasteiger partial charge in [0.05, 0.1) is 55.1 Å². The molecule has 14 nitrogen and oxygen atoms in total. The summed E-state index contributed by atoms with van der Waals surface area (Å²) in [6.45, 7) is 2.54. The Hall–Kier alpha value is -5.86. The first kappa shape index (κ1) is 39.0. The summed E-state index contributed by atoms with van der Waals surface area (Å²) < 4.78 is 15.8. The molecule has 8 atom stereocenters. The Bertz CT molecular complexity index is 2210. The number of benzene rings is 2. The molecule has 3 fully saturated rings. The summed E-state index contributed by atoms with van der Waals surface area (Å²) in [5, 5.41) is 5.80. The number of amides is 3. The Kier molecular flexibility index (Phi) is 11.4. The van der Waals surface area contributed by atoms with Crippen LogP contribution in [0.15, 0.2) is 85.5 Å². The number of aromatic nitrogens is 5. The number of carbonyl (C=O) groups is 3. The Morgan fingerprint density at radius 1 is 0.828 bits per heavy atom. The molecule has 2 bridgehead atoms. The molecule has 3 unspecified atom stereocenters. The second-order valence-corrected chi connectivity index (χ2v) is 15.6. The summed E-state index contributed by atoms with van der Waals surface area (Å²) in [6.07, 6.45) is 9.53. The average molecular weight is 787 g/mol. The molecule has 8 rings (SSSR count). The lowest BCUT2D eigenvalue weighted by atomic mass is 9.78. The highest BCUT2D eigenvalue weighted by Gasteiger charge is 2.52. The zero-order valence-corrected chi connectivity index (χ0v) is 33.2.